The molecule has 1 unspecified atom stereocenters. The molecule has 1 fully saturated rings. The van der Waals surface area contributed by atoms with Gasteiger partial charge in [-0.25, -0.2) is 4.98 Å². The zero-order valence-corrected chi connectivity index (χ0v) is 12.4. The maximum Gasteiger partial charge on any atom is 0.262 e. The molecule has 0 saturated carbocycles. The summed E-state index contributed by atoms with van der Waals surface area (Å²) in [5.74, 6) is 1.30. The van der Waals surface area contributed by atoms with Crippen LogP contribution in [0.2, 0.25) is 0 Å². The zero-order chi connectivity index (χ0) is 13.6. The molecule has 0 radical (unpaired) electrons. The van der Waals surface area contributed by atoms with Gasteiger partial charge in [-0.2, -0.15) is 0 Å². The lowest BCUT2D eigenvalue weighted by Gasteiger charge is -2.23. The van der Waals surface area contributed by atoms with Crippen LogP contribution in [0.5, 0.6) is 0 Å². The molecule has 1 aliphatic heterocycles. The maximum atomic E-state index is 12.5. The Bertz CT molecular complexity index is 680. The van der Waals surface area contributed by atoms with Gasteiger partial charge in [0.15, 0.2) is 0 Å². The van der Waals surface area contributed by atoms with Gasteiger partial charge in [0.05, 0.1) is 5.39 Å². The van der Waals surface area contributed by atoms with Crippen LogP contribution in [0.4, 0.5) is 0 Å². The summed E-state index contributed by atoms with van der Waals surface area (Å²) in [7, 11) is 1.85. The Kier molecular flexibility index (Phi) is 3.19. The van der Waals surface area contributed by atoms with Gasteiger partial charge in [-0.15, -0.1) is 11.3 Å². The third kappa shape index (κ3) is 2.01. The third-order valence-electron chi connectivity index (χ3n) is 4.11. The van der Waals surface area contributed by atoms with E-state index in [1.807, 2.05) is 14.0 Å². The predicted octanol–water partition coefficient (Wildman–Crippen LogP) is 2.08. The Morgan fingerprint density at radius 1 is 1.42 bits per heavy atom. The van der Waals surface area contributed by atoms with Gasteiger partial charge in [0, 0.05) is 24.4 Å². The maximum absolute atomic E-state index is 12.5. The fourth-order valence-corrected chi connectivity index (χ4v) is 3.85. The van der Waals surface area contributed by atoms with Crippen molar-refractivity contribution in [1.29, 1.82) is 0 Å². The lowest BCUT2D eigenvalue weighted by atomic mass is 9.98. The topological polar surface area (TPSA) is 46.9 Å². The highest BCUT2D eigenvalue weighted by Gasteiger charge is 2.22. The van der Waals surface area contributed by atoms with E-state index >= 15 is 0 Å². The minimum atomic E-state index is 0.104. The van der Waals surface area contributed by atoms with E-state index in [2.05, 4.69) is 12.2 Å². The Labute approximate surface area is 116 Å². The summed E-state index contributed by atoms with van der Waals surface area (Å²) in [4.78, 5) is 19.4. The van der Waals surface area contributed by atoms with E-state index in [4.69, 9.17) is 4.98 Å². The smallest absolute Gasteiger partial charge is 0.262 e. The molecule has 4 nitrogen and oxygen atoms in total. The van der Waals surface area contributed by atoms with Gasteiger partial charge in [-0.3, -0.25) is 9.36 Å². The number of aryl methyl sites for hydroxylation is 2. The quantitative estimate of drug-likeness (QED) is 0.868. The molecular formula is C14H19N3OS. The third-order valence-corrected chi connectivity index (χ3v) is 5.21. The van der Waals surface area contributed by atoms with Crippen LogP contribution in [-0.2, 0) is 7.05 Å². The summed E-state index contributed by atoms with van der Waals surface area (Å²) >= 11 is 1.63. The van der Waals surface area contributed by atoms with Crippen molar-refractivity contribution in [3.05, 3.63) is 26.6 Å². The largest absolute Gasteiger partial charge is 0.316 e. The Balaban J connectivity index is 2.21. The van der Waals surface area contributed by atoms with Crippen molar-refractivity contribution in [3.63, 3.8) is 0 Å². The van der Waals surface area contributed by atoms with E-state index in [9.17, 15) is 4.79 Å². The molecule has 19 heavy (non-hydrogen) atoms. The molecule has 1 saturated heterocycles. The van der Waals surface area contributed by atoms with Crippen LogP contribution in [-0.4, -0.2) is 22.6 Å². The highest BCUT2D eigenvalue weighted by atomic mass is 32.1. The summed E-state index contributed by atoms with van der Waals surface area (Å²) in [5, 5.41) is 4.20. The Morgan fingerprint density at radius 2 is 2.21 bits per heavy atom. The van der Waals surface area contributed by atoms with Gasteiger partial charge in [-0.1, -0.05) is 0 Å². The van der Waals surface area contributed by atoms with Crippen molar-refractivity contribution in [2.24, 2.45) is 7.05 Å². The van der Waals surface area contributed by atoms with Gasteiger partial charge in [0.2, 0.25) is 0 Å². The monoisotopic (exact) mass is 277 g/mol. The molecule has 5 heteroatoms. The first kappa shape index (κ1) is 12.8. The molecule has 0 amide bonds. The highest BCUT2D eigenvalue weighted by molar-refractivity contribution is 7.18. The van der Waals surface area contributed by atoms with E-state index in [1.54, 1.807) is 15.9 Å². The molecule has 102 valence electrons. The van der Waals surface area contributed by atoms with Crippen molar-refractivity contribution in [1.82, 2.24) is 14.9 Å². The molecule has 0 spiro atoms. The van der Waals surface area contributed by atoms with Crippen LogP contribution in [0.25, 0.3) is 10.2 Å². The Hall–Kier alpha value is -1.20. The van der Waals surface area contributed by atoms with Crippen LogP contribution in [0.3, 0.4) is 0 Å². The number of nitrogens with one attached hydrogen (secondary N) is 1. The normalized spacial score (nSPS) is 20.1. The van der Waals surface area contributed by atoms with Crippen LogP contribution >= 0.6 is 11.3 Å². The molecule has 2 aromatic rings. The van der Waals surface area contributed by atoms with Crippen molar-refractivity contribution in [2.75, 3.05) is 13.1 Å². The van der Waals surface area contributed by atoms with E-state index in [0.29, 0.717) is 5.92 Å². The summed E-state index contributed by atoms with van der Waals surface area (Å²) in [6.07, 6.45) is 2.27. The number of rotatable bonds is 1. The van der Waals surface area contributed by atoms with Crippen molar-refractivity contribution >= 4 is 21.6 Å². The average molecular weight is 277 g/mol. The molecule has 0 bridgehead atoms. The number of aromatic nitrogens is 2. The first-order valence-corrected chi connectivity index (χ1v) is 7.58. The summed E-state index contributed by atoms with van der Waals surface area (Å²) < 4.78 is 1.75. The summed E-state index contributed by atoms with van der Waals surface area (Å²) in [6.45, 7) is 6.07. The van der Waals surface area contributed by atoms with Gasteiger partial charge >= 0.3 is 0 Å². The van der Waals surface area contributed by atoms with Crippen LogP contribution in [0, 0.1) is 13.8 Å². The van der Waals surface area contributed by atoms with E-state index in [-0.39, 0.29) is 5.56 Å². The fourth-order valence-electron chi connectivity index (χ4n) is 2.83. The minimum Gasteiger partial charge on any atom is -0.316 e. The van der Waals surface area contributed by atoms with Crippen LogP contribution in [0.1, 0.15) is 35.0 Å². The van der Waals surface area contributed by atoms with Gasteiger partial charge < -0.3 is 5.32 Å². The summed E-state index contributed by atoms with van der Waals surface area (Å²) in [6, 6.07) is 0. The SMILES string of the molecule is Cc1sc2nc(C3CCCNC3)n(C)c(=O)c2c1C. The second-order valence-corrected chi connectivity index (χ2v) is 6.54. The fraction of sp³-hybridized carbons (Fsp3) is 0.571. The predicted molar refractivity (Wildman–Crippen MR) is 79.2 cm³/mol. The number of piperidine rings is 1. The molecular weight excluding hydrogens is 258 g/mol. The van der Waals surface area contributed by atoms with Crippen LogP contribution < -0.4 is 10.9 Å². The molecule has 1 aliphatic rings. The first-order valence-electron chi connectivity index (χ1n) is 6.77. The van der Waals surface area contributed by atoms with Gasteiger partial charge in [0.25, 0.3) is 5.56 Å². The van der Waals surface area contributed by atoms with E-state index in [0.717, 1.165) is 47.5 Å². The second-order valence-electron chi connectivity index (χ2n) is 5.34. The molecule has 2 aromatic heterocycles. The van der Waals surface area contributed by atoms with E-state index < -0.39 is 0 Å². The molecule has 0 aromatic carbocycles. The number of fused-ring (bicyclic) bond motifs is 1. The van der Waals surface area contributed by atoms with Gasteiger partial charge in [0.1, 0.15) is 10.7 Å². The zero-order valence-electron chi connectivity index (χ0n) is 11.6. The second kappa shape index (κ2) is 4.72. The van der Waals surface area contributed by atoms with Gasteiger partial charge in [-0.05, 0) is 38.8 Å². The Morgan fingerprint density at radius 3 is 2.89 bits per heavy atom. The molecule has 3 heterocycles. The number of hydrogen-bond acceptors (Lipinski definition) is 4. The molecule has 1 N–H and O–H groups in total. The highest BCUT2D eigenvalue weighted by Crippen LogP contribution is 2.28. The molecule has 3 rings (SSSR count). The summed E-state index contributed by atoms with van der Waals surface area (Å²) in [5.41, 5.74) is 1.19. The number of nitrogens with zero attached hydrogens (tertiary/aromatic N) is 2. The van der Waals surface area contributed by atoms with Crippen molar-refractivity contribution < 1.29 is 0 Å². The first-order chi connectivity index (χ1) is 9.09. The standard InChI is InChI=1S/C14H19N3OS/c1-8-9(2)19-13-11(8)14(18)17(3)12(16-13)10-5-4-6-15-7-10/h10,15H,4-7H2,1-3H3. The number of hydrogen-bond donors (Lipinski definition) is 1. The minimum absolute atomic E-state index is 0.104. The van der Waals surface area contributed by atoms with E-state index in [1.165, 1.54) is 4.88 Å². The average Bonchev–Trinajstić information content (AvgIpc) is 2.70. The van der Waals surface area contributed by atoms with Crippen molar-refractivity contribution in [3.8, 4) is 0 Å². The van der Waals surface area contributed by atoms with Crippen LogP contribution in [0.15, 0.2) is 4.79 Å². The lowest BCUT2D eigenvalue weighted by molar-refractivity contribution is 0.435. The number of thiophene rings is 1. The molecule has 0 aliphatic carbocycles. The molecule has 1 atom stereocenters. The van der Waals surface area contributed by atoms with Crippen molar-refractivity contribution in [2.45, 2.75) is 32.6 Å². The lowest BCUT2D eigenvalue weighted by Crippen LogP contribution is -2.33.